The lowest BCUT2D eigenvalue weighted by Crippen LogP contribution is -2.66. The first-order chi connectivity index (χ1) is 10.6. The van der Waals surface area contributed by atoms with Crippen LogP contribution in [-0.4, -0.2) is 55.4 Å². The van der Waals surface area contributed by atoms with Crippen LogP contribution in [0.1, 0.15) is 19.8 Å². The predicted octanol–water partition coefficient (Wildman–Crippen LogP) is 1.29. The fourth-order valence-corrected chi connectivity index (χ4v) is 4.73. The first-order valence-electron chi connectivity index (χ1n) is 7.71. The molecule has 2 saturated heterocycles. The van der Waals surface area contributed by atoms with Crippen LogP contribution < -0.4 is 4.74 Å². The average Bonchev–Trinajstić information content (AvgIpc) is 2.88. The molecule has 1 aromatic rings. The van der Waals surface area contributed by atoms with E-state index in [1.807, 2.05) is 25.1 Å². The van der Waals surface area contributed by atoms with Gasteiger partial charge in [-0.15, -0.1) is 0 Å². The van der Waals surface area contributed by atoms with Gasteiger partial charge in [0.15, 0.2) is 0 Å². The number of nitrogens with zero attached hydrogens (tertiary/aromatic N) is 2. The maximum Gasteiger partial charge on any atom is 0.214 e. The van der Waals surface area contributed by atoms with Gasteiger partial charge in [0.2, 0.25) is 15.9 Å². The monoisotopic (exact) mass is 326 g/mol. The van der Waals surface area contributed by atoms with Crippen LogP contribution in [0.3, 0.4) is 0 Å². The van der Waals surface area contributed by atoms with E-state index >= 15 is 0 Å². The molecule has 0 aliphatic carbocycles. The number of hydrogen-bond acceptors (Lipinski definition) is 5. The lowest BCUT2D eigenvalue weighted by molar-refractivity contribution is -0.107. The Morgan fingerprint density at radius 3 is 2.95 bits per heavy atom. The molecule has 3 rings (SSSR count). The van der Waals surface area contributed by atoms with Gasteiger partial charge in [0, 0.05) is 37.9 Å². The van der Waals surface area contributed by atoms with E-state index in [1.165, 1.54) is 4.31 Å². The molecule has 0 bridgehead atoms. The molecule has 2 aliphatic rings. The summed E-state index contributed by atoms with van der Waals surface area (Å²) in [5.74, 6) is 1.01. The number of hydrogen-bond donors (Lipinski definition) is 0. The molecule has 2 aliphatic heterocycles. The lowest BCUT2D eigenvalue weighted by atomic mass is 9.83. The maximum atomic E-state index is 12.1. The quantitative estimate of drug-likeness (QED) is 0.788. The highest BCUT2D eigenvalue weighted by molar-refractivity contribution is 7.89. The fourth-order valence-electron chi connectivity index (χ4n) is 3.12. The molecule has 1 atom stereocenters. The van der Waals surface area contributed by atoms with Gasteiger partial charge in [-0.05, 0) is 18.9 Å². The predicted molar refractivity (Wildman–Crippen MR) is 82.2 cm³/mol. The van der Waals surface area contributed by atoms with Gasteiger partial charge in [-0.3, -0.25) is 0 Å². The van der Waals surface area contributed by atoms with Crippen LogP contribution in [0.2, 0.25) is 0 Å². The Hall–Kier alpha value is -1.18. The second-order valence-electron chi connectivity index (χ2n) is 5.96. The average molecular weight is 326 g/mol. The molecular weight excluding hydrogens is 304 g/mol. The number of sulfonamides is 1. The van der Waals surface area contributed by atoms with E-state index in [1.54, 1.807) is 6.20 Å². The molecule has 7 heteroatoms. The minimum Gasteiger partial charge on any atom is -0.477 e. The van der Waals surface area contributed by atoms with Crippen LogP contribution in [0.15, 0.2) is 24.4 Å². The van der Waals surface area contributed by atoms with Crippen molar-refractivity contribution in [3.05, 3.63) is 24.4 Å². The molecule has 1 aromatic heterocycles. The van der Waals surface area contributed by atoms with Crippen LogP contribution in [0.5, 0.6) is 5.88 Å². The van der Waals surface area contributed by atoms with Gasteiger partial charge in [0.25, 0.3) is 0 Å². The minimum atomic E-state index is -3.13. The van der Waals surface area contributed by atoms with E-state index in [9.17, 15) is 8.42 Å². The van der Waals surface area contributed by atoms with Gasteiger partial charge >= 0.3 is 0 Å². The van der Waals surface area contributed by atoms with Crippen LogP contribution in [0.4, 0.5) is 0 Å². The molecule has 0 unspecified atom stereocenters. The van der Waals surface area contributed by atoms with E-state index in [-0.39, 0.29) is 17.3 Å². The summed E-state index contributed by atoms with van der Waals surface area (Å²) in [6.45, 7) is 3.95. The van der Waals surface area contributed by atoms with Gasteiger partial charge in [-0.1, -0.05) is 13.0 Å². The third-order valence-electron chi connectivity index (χ3n) is 4.41. The second kappa shape index (κ2) is 6.14. The van der Waals surface area contributed by atoms with Crippen molar-refractivity contribution in [1.29, 1.82) is 0 Å². The summed E-state index contributed by atoms with van der Waals surface area (Å²) in [4.78, 5) is 4.14. The van der Waals surface area contributed by atoms with Crippen LogP contribution in [0, 0.1) is 5.92 Å². The molecule has 0 radical (unpaired) electrons. The minimum absolute atomic E-state index is 0.207. The second-order valence-corrected chi connectivity index (χ2v) is 8.05. The third kappa shape index (κ3) is 2.98. The van der Waals surface area contributed by atoms with Gasteiger partial charge in [-0.25, -0.2) is 13.4 Å². The maximum absolute atomic E-state index is 12.1. The normalized spacial score (nSPS) is 24.3. The van der Waals surface area contributed by atoms with Crippen molar-refractivity contribution < 1.29 is 17.9 Å². The Labute approximate surface area is 131 Å². The molecular formula is C15H22N2O4S. The van der Waals surface area contributed by atoms with Crippen molar-refractivity contribution in [2.45, 2.75) is 25.4 Å². The molecule has 0 saturated carbocycles. The van der Waals surface area contributed by atoms with Gasteiger partial charge in [-0.2, -0.15) is 4.31 Å². The molecule has 122 valence electrons. The van der Waals surface area contributed by atoms with Gasteiger partial charge in [0.1, 0.15) is 5.60 Å². The highest BCUT2D eigenvalue weighted by Crippen LogP contribution is 2.41. The van der Waals surface area contributed by atoms with Crippen molar-refractivity contribution in [3.8, 4) is 5.88 Å². The first-order valence-corrected chi connectivity index (χ1v) is 9.32. The summed E-state index contributed by atoms with van der Waals surface area (Å²) >= 11 is 0. The molecule has 0 aromatic carbocycles. The Morgan fingerprint density at radius 1 is 1.45 bits per heavy atom. The number of ether oxygens (including phenoxy) is 2. The first kappa shape index (κ1) is 15.7. The zero-order chi connectivity index (χ0) is 15.6. The van der Waals surface area contributed by atoms with Crippen LogP contribution in [-0.2, 0) is 14.8 Å². The van der Waals surface area contributed by atoms with Gasteiger partial charge in [0.05, 0.1) is 12.4 Å². The Bertz CT molecular complexity index is 599. The highest BCUT2D eigenvalue weighted by Gasteiger charge is 2.56. The molecule has 2 fully saturated rings. The smallest absolute Gasteiger partial charge is 0.214 e. The molecule has 0 amide bonds. The SMILES string of the molecule is CCCS(=O)(=O)N1CC2(C1)OCC[C@@H]2COc1ccccn1. The highest BCUT2D eigenvalue weighted by atomic mass is 32.2. The summed E-state index contributed by atoms with van der Waals surface area (Å²) < 4.78 is 37.3. The number of rotatable bonds is 6. The molecule has 22 heavy (non-hydrogen) atoms. The van der Waals surface area contributed by atoms with E-state index in [2.05, 4.69) is 4.98 Å². The standard InChI is InChI=1S/C15H22N2O4S/c1-2-9-22(18,19)17-11-15(12-17)13(6-8-21-15)10-20-14-5-3-4-7-16-14/h3-5,7,13H,2,6,8-12H2,1H3/t13-/m1/s1. The summed E-state index contributed by atoms with van der Waals surface area (Å²) in [5, 5.41) is 0. The van der Waals surface area contributed by atoms with E-state index in [0.29, 0.717) is 38.6 Å². The van der Waals surface area contributed by atoms with Crippen molar-refractivity contribution >= 4 is 10.0 Å². The zero-order valence-electron chi connectivity index (χ0n) is 12.8. The summed E-state index contributed by atoms with van der Waals surface area (Å²) in [6, 6.07) is 5.54. The van der Waals surface area contributed by atoms with Crippen molar-refractivity contribution in [1.82, 2.24) is 9.29 Å². The molecule has 0 N–H and O–H groups in total. The van der Waals surface area contributed by atoms with E-state index in [4.69, 9.17) is 9.47 Å². The third-order valence-corrected chi connectivity index (χ3v) is 6.38. The summed E-state index contributed by atoms with van der Waals surface area (Å²) in [7, 11) is -3.13. The Balaban J connectivity index is 1.58. The Kier molecular flexibility index (Phi) is 4.38. The largest absolute Gasteiger partial charge is 0.477 e. The molecule has 1 spiro atoms. The number of aromatic nitrogens is 1. The van der Waals surface area contributed by atoms with Crippen molar-refractivity contribution in [3.63, 3.8) is 0 Å². The topological polar surface area (TPSA) is 68.7 Å². The van der Waals surface area contributed by atoms with Gasteiger partial charge < -0.3 is 9.47 Å². The lowest BCUT2D eigenvalue weighted by Gasteiger charge is -2.49. The zero-order valence-corrected chi connectivity index (χ0v) is 13.6. The van der Waals surface area contributed by atoms with Crippen LogP contribution >= 0.6 is 0 Å². The molecule has 3 heterocycles. The van der Waals surface area contributed by atoms with Crippen molar-refractivity contribution in [2.24, 2.45) is 5.92 Å². The molecule has 6 nitrogen and oxygen atoms in total. The fraction of sp³-hybridized carbons (Fsp3) is 0.667. The summed E-state index contributed by atoms with van der Waals surface area (Å²) in [6.07, 6.45) is 3.23. The van der Waals surface area contributed by atoms with Crippen LogP contribution in [0.25, 0.3) is 0 Å². The van der Waals surface area contributed by atoms with E-state index in [0.717, 1.165) is 6.42 Å². The Morgan fingerprint density at radius 2 is 2.27 bits per heavy atom. The van der Waals surface area contributed by atoms with E-state index < -0.39 is 10.0 Å². The number of pyridine rings is 1. The van der Waals surface area contributed by atoms with Crippen molar-refractivity contribution in [2.75, 3.05) is 32.1 Å². The summed E-state index contributed by atoms with van der Waals surface area (Å²) in [5.41, 5.74) is -0.365.